The number of carboxylic acid groups (broad SMARTS) is 1. The number of nitrogens with zero attached hydrogens (tertiary/aromatic N) is 2. The van der Waals surface area contributed by atoms with Crippen LogP contribution in [0.25, 0.3) is 0 Å². The first kappa shape index (κ1) is 14.5. The average Bonchev–Trinajstić information content (AvgIpc) is 3.10. The first-order chi connectivity index (χ1) is 8.58. The number of hydrogen-bond acceptors (Lipinski definition) is 2. The molecule has 0 aromatic heterocycles. The van der Waals surface area contributed by atoms with Crippen LogP contribution < -0.4 is 0 Å². The molecule has 102 valence electrons. The van der Waals surface area contributed by atoms with Crippen molar-refractivity contribution in [2.24, 2.45) is 5.92 Å². The lowest BCUT2D eigenvalue weighted by Crippen LogP contribution is -2.46. The number of carbonyl (C=O) groups is 2. The Morgan fingerprint density at radius 3 is 2.50 bits per heavy atom. The van der Waals surface area contributed by atoms with Crippen LogP contribution in [-0.2, 0) is 4.79 Å². The van der Waals surface area contributed by atoms with Crippen LogP contribution in [-0.4, -0.2) is 53.1 Å². The van der Waals surface area contributed by atoms with Crippen LogP contribution in [0.4, 0.5) is 4.79 Å². The van der Waals surface area contributed by atoms with E-state index in [1.165, 1.54) is 4.90 Å². The molecule has 0 aliphatic heterocycles. The molecule has 5 heteroatoms. The predicted molar refractivity (Wildman–Crippen MR) is 69.4 cm³/mol. The number of rotatable bonds is 8. The van der Waals surface area contributed by atoms with Gasteiger partial charge in [0.25, 0.3) is 0 Å². The maximum absolute atomic E-state index is 12.3. The lowest BCUT2D eigenvalue weighted by atomic mass is 10.3. The molecule has 0 bridgehead atoms. The molecule has 0 aromatic carbocycles. The van der Waals surface area contributed by atoms with Crippen molar-refractivity contribution in [3.63, 3.8) is 0 Å². The zero-order valence-corrected chi connectivity index (χ0v) is 11.0. The van der Waals surface area contributed by atoms with Crippen LogP contribution >= 0.6 is 0 Å². The molecule has 1 fully saturated rings. The van der Waals surface area contributed by atoms with E-state index in [0.717, 1.165) is 19.3 Å². The fourth-order valence-electron chi connectivity index (χ4n) is 1.88. The summed E-state index contributed by atoms with van der Waals surface area (Å²) in [4.78, 5) is 26.2. The molecule has 0 saturated heterocycles. The molecule has 0 unspecified atom stereocenters. The normalized spacial score (nSPS) is 14.1. The fourth-order valence-corrected chi connectivity index (χ4v) is 1.88. The smallest absolute Gasteiger partial charge is 0.323 e. The molecule has 1 N–H and O–H groups in total. The second-order valence-electron chi connectivity index (χ2n) is 4.73. The summed E-state index contributed by atoms with van der Waals surface area (Å²) in [5, 5.41) is 8.88. The minimum absolute atomic E-state index is 0.189. The quantitative estimate of drug-likeness (QED) is 0.672. The topological polar surface area (TPSA) is 60.9 Å². The van der Waals surface area contributed by atoms with Crippen LogP contribution in [0.15, 0.2) is 12.7 Å². The minimum Gasteiger partial charge on any atom is -0.480 e. The van der Waals surface area contributed by atoms with Crippen LogP contribution in [0.2, 0.25) is 0 Å². The third-order valence-corrected chi connectivity index (χ3v) is 2.89. The largest absolute Gasteiger partial charge is 0.480 e. The van der Waals surface area contributed by atoms with Gasteiger partial charge >= 0.3 is 12.0 Å². The summed E-state index contributed by atoms with van der Waals surface area (Å²) in [7, 11) is 0. The van der Waals surface area contributed by atoms with Gasteiger partial charge in [-0.3, -0.25) is 4.79 Å². The maximum atomic E-state index is 12.3. The summed E-state index contributed by atoms with van der Waals surface area (Å²) in [5.41, 5.74) is 0. The van der Waals surface area contributed by atoms with Crippen molar-refractivity contribution in [2.45, 2.75) is 26.2 Å². The minimum atomic E-state index is -0.959. The van der Waals surface area contributed by atoms with Crippen molar-refractivity contribution in [3.05, 3.63) is 12.7 Å². The third-order valence-electron chi connectivity index (χ3n) is 2.89. The molecule has 18 heavy (non-hydrogen) atoms. The van der Waals surface area contributed by atoms with Crippen molar-refractivity contribution < 1.29 is 14.7 Å². The summed E-state index contributed by atoms with van der Waals surface area (Å²) < 4.78 is 0. The van der Waals surface area contributed by atoms with E-state index in [-0.39, 0.29) is 12.6 Å². The molecular weight excluding hydrogens is 232 g/mol. The van der Waals surface area contributed by atoms with Gasteiger partial charge in [0.1, 0.15) is 6.54 Å². The van der Waals surface area contributed by atoms with E-state index < -0.39 is 5.97 Å². The second-order valence-corrected chi connectivity index (χ2v) is 4.73. The van der Waals surface area contributed by atoms with E-state index in [9.17, 15) is 9.59 Å². The van der Waals surface area contributed by atoms with Gasteiger partial charge in [0.05, 0.1) is 0 Å². The van der Waals surface area contributed by atoms with Gasteiger partial charge in [-0.05, 0) is 25.2 Å². The monoisotopic (exact) mass is 254 g/mol. The van der Waals surface area contributed by atoms with Crippen LogP contribution in [0.5, 0.6) is 0 Å². The van der Waals surface area contributed by atoms with Gasteiger partial charge in [-0.25, -0.2) is 4.79 Å². The van der Waals surface area contributed by atoms with Crippen LogP contribution in [0, 0.1) is 5.92 Å². The zero-order chi connectivity index (χ0) is 13.5. The summed E-state index contributed by atoms with van der Waals surface area (Å²) >= 11 is 0. The van der Waals surface area contributed by atoms with Gasteiger partial charge in [0.15, 0.2) is 0 Å². The van der Waals surface area contributed by atoms with E-state index in [2.05, 4.69) is 6.58 Å². The van der Waals surface area contributed by atoms with Crippen molar-refractivity contribution in [1.29, 1.82) is 0 Å². The summed E-state index contributed by atoms with van der Waals surface area (Å²) in [6.07, 6.45) is 4.71. The Kier molecular flexibility index (Phi) is 5.68. The van der Waals surface area contributed by atoms with E-state index in [0.29, 0.717) is 25.6 Å². The molecular formula is C13H22N2O3. The molecule has 0 aromatic rings. The number of urea groups is 1. The maximum Gasteiger partial charge on any atom is 0.323 e. The number of aliphatic carboxylic acids is 1. The van der Waals surface area contributed by atoms with Crippen molar-refractivity contribution in [3.8, 4) is 0 Å². The zero-order valence-electron chi connectivity index (χ0n) is 11.0. The number of carbonyl (C=O) groups excluding carboxylic acids is 1. The van der Waals surface area contributed by atoms with Gasteiger partial charge in [0.2, 0.25) is 0 Å². The lowest BCUT2D eigenvalue weighted by molar-refractivity contribution is -0.137. The number of carboxylic acids is 1. The van der Waals surface area contributed by atoms with Crippen molar-refractivity contribution in [1.82, 2.24) is 9.80 Å². The third kappa shape index (κ3) is 4.77. The summed E-state index contributed by atoms with van der Waals surface area (Å²) in [6, 6.07) is -0.189. The number of hydrogen-bond donors (Lipinski definition) is 1. The highest BCUT2D eigenvalue weighted by molar-refractivity contribution is 5.80. The Morgan fingerprint density at radius 1 is 1.39 bits per heavy atom. The van der Waals surface area contributed by atoms with Gasteiger partial charge < -0.3 is 14.9 Å². The Labute approximate surface area is 108 Å². The van der Waals surface area contributed by atoms with Gasteiger partial charge in [-0.2, -0.15) is 0 Å². The number of amides is 2. The lowest BCUT2D eigenvalue weighted by Gasteiger charge is -2.29. The molecule has 1 aliphatic rings. The van der Waals surface area contributed by atoms with E-state index in [1.807, 2.05) is 6.92 Å². The van der Waals surface area contributed by atoms with Gasteiger partial charge in [0, 0.05) is 19.6 Å². The van der Waals surface area contributed by atoms with Crippen molar-refractivity contribution in [2.75, 3.05) is 26.2 Å². The highest BCUT2D eigenvalue weighted by Crippen LogP contribution is 2.29. The first-order valence-electron chi connectivity index (χ1n) is 6.45. The summed E-state index contributed by atoms with van der Waals surface area (Å²) in [5.74, 6) is -0.473. The average molecular weight is 254 g/mol. The fraction of sp³-hybridized carbons (Fsp3) is 0.692. The van der Waals surface area contributed by atoms with Gasteiger partial charge in [-0.1, -0.05) is 13.0 Å². The molecule has 2 amide bonds. The Balaban J connectivity index is 2.63. The highest BCUT2D eigenvalue weighted by atomic mass is 16.4. The molecule has 0 radical (unpaired) electrons. The molecule has 0 spiro atoms. The summed E-state index contributed by atoms with van der Waals surface area (Å²) in [6.45, 7) is 7.06. The van der Waals surface area contributed by atoms with Crippen LogP contribution in [0.3, 0.4) is 0 Å². The standard InChI is InChI=1S/C13H22N2O3/c1-3-7-14(8-4-2)13(18)15(10-12(16)17)9-11-5-6-11/h3,11H,1,4-10H2,2H3,(H,16,17). The predicted octanol–water partition coefficient (Wildman–Crippen LogP) is 1.80. The van der Waals surface area contributed by atoms with Gasteiger partial charge in [-0.15, -0.1) is 6.58 Å². The first-order valence-corrected chi connectivity index (χ1v) is 6.45. The van der Waals surface area contributed by atoms with E-state index >= 15 is 0 Å². The highest BCUT2D eigenvalue weighted by Gasteiger charge is 2.29. The molecule has 0 atom stereocenters. The Hall–Kier alpha value is -1.52. The molecule has 5 nitrogen and oxygen atoms in total. The molecule has 0 heterocycles. The molecule has 1 aliphatic carbocycles. The Bertz CT molecular complexity index is 313. The van der Waals surface area contributed by atoms with E-state index in [4.69, 9.17) is 5.11 Å². The van der Waals surface area contributed by atoms with Crippen LogP contribution in [0.1, 0.15) is 26.2 Å². The SMILES string of the molecule is C=CCN(CCC)C(=O)N(CC(=O)O)CC1CC1. The van der Waals surface area contributed by atoms with E-state index in [1.54, 1.807) is 11.0 Å². The molecule has 1 saturated carbocycles. The second kappa shape index (κ2) is 7.03. The molecule has 1 rings (SSSR count). The Morgan fingerprint density at radius 2 is 2.06 bits per heavy atom. The van der Waals surface area contributed by atoms with Crippen molar-refractivity contribution >= 4 is 12.0 Å².